The van der Waals surface area contributed by atoms with Crippen molar-refractivity contribution in [1.82, 2.24) is 24.9 Å². The first-order chi connectivity index (χ1) is 17.0. The minimum atomic E-state index is -1.30. The molecule has 3 heterocycles. The SMILES string of the molecule is CC(C)(C)OC(=O)N[C@@H]1Cc2c(nc3cc(-c4n[nH]c(=O)o4)ccn23)C[C@@H]1c1cc(F)c(F)cc1F. The Hall–Kier alpha value is -4.09. The van der Waals surface area contributed by atoms with E-state index in [0.29, 0.717) is 23.0 Å². The van der Waals surface area contributed by atoms with E-state index in [4.69, 9.17) is 9.15 Å². The van der Waals surface area contributed by atoms with E-state index in [2.05, 4.69) is 20.5 Å². The zero-order valence-electron chi connectivity index (χ0n) is 19.6. The Morgan fingerprint density at radius 3 is 2.61 bits per heavy atom. The molecule has 1 amide bonds. The lowest BCUT2D eigenvalue weighted by Crippen LogP contribution is -2.46. The molecule has 5 rings (SSSR count). The van der Waals surface area contributed by atoms with Gasteiger partial charge >= 0.3 is 11.8 Å². The summed E-state index contributed by atoms with van der Waals surface area (Å²) in [4.78, 5) is 28.5. The molecule has 0 saturated heterocycles. The van der Waals surface area contributed by atoms with Crippen molar-refractivity contribution in [2.75, 3.05) is 0 Å². The molecule has 4 aromatic rings. The van der Waals surface area contributed by atoms with Gasteiger partial charge in [-0.1, -0.05) is 0 Å². The van der Waals surface area contributed by atoms with E-state index < -0.39 is 46.9 Å². The minimum absolute atomic E-state index is 0.0725. The van der Waals surface area contributed by atoms with Crippen molar-refractivity contribution in [2.45, 2.75) is 51.2 Å². The average Bonchev–Trinajstić information content (AvgIpc) is 3.37. The average molecular weight is 501 g/mol. The van der Waals surface area contributed by atoms with Crippen LogP contribution < -0.4 is 11.1 Å². The summed E-state index contributed by atoms with van der Waals surface area (Å²) in [5.74, 6) is -4.75. The summed E-state index contributed by atoms with van der Waals surface area (Å²) in [5, 5.41) is 8.78. The van der Waals surface area contributed by atoms with Crippen molar-refractivity contribution < 1.29 is 27.1 Å². The number of fused-ring (bicyclic) bond motifs is 3. The van der Waals surface area contributed by atoms with Crippen LogP contribution in [0.2, 0.25) is 0 Å². The molecule has 2 N–H and O–H groups in total. The number of rotatable bonds is 3. The van der Waals surface area contributed by atoms with Crippen LogP contribution in [0.1, 0.15) is 43.6 Å². The second kappa shape index (κ2) is 8.54. The molecule has 2 atom stereocenters. The van der Waals surface area contributed by atoms with E-state index in [-0.39, 0.29) is 24.3 Å². The number of nitrogens with one attached hydrogen (secondary N) is 2. The normalized spacial score (nSPS) is 17.7. The maximum absolute atomic E-state index is 14.8. The first-order valence-corrected chi connectivity index (χ1v) is 11.2. The lowest BCUT2D eigenvalue weighted by Gasteiger charge is -2.33. The Labute approximate surface area is 202 Å². The van der Waals surface area contributed by atoms with Crippen molar-refractivity contribution in [3.05, 3.63) is 75.4 Å². The molecule has 9 nitrogen and oxygen atoms in total. The number of halogens is 3. The van der Waals surface area contributed by atoms with E-state index in [1.165, 1.54) is 0 Å². The number of amides is 1. The number of H-pyrrole nitrogens is 1. The number of imidazole rings is 1. The molecule has 1 aromatic carbocycles. The molecule has 188 valence electrons. The Bertz CT molecular complexity index is 1540. The number of carbonyl (C=O) groups excluding carboxylic acids is 1. The van der Waals surface area contributed by atoms with Crippen LogP contribution in [0.5, 0.6) is 0 Å². The fourth-order valence-electron chi connectivity index (χ4n) is 4.47. The fraction of sp³-hybridized carbons (Fsp3) is 0.333. The van der Waals surface area contributed by atoms with Gasteiger partial charge in [0.1, 0.15) is 17.1 Å². The minimum Gasteiger partial charge on any atom is -0.444 e. The Kier molecular flexibility index (Phi) is 5.61. The smallest absolute Gasteiger partial charge is 0.434 e. The third-order valence-electron chi connectivity index (χ3n) is 5.95. The molecular formula is C24H22F3N5O4. The lowest BCUT2D eigenvalue weighted by atomic mass is 9.80. The van der Waals surface area contributed by atoms with Gasteiger partial charge in [0.2, 0.25) is 5.89 Å². The van der Waals surface area contributed by atoms with E-state index in [1.54, 1.807) is 43.5 Å². The number of hydrogen-bond donors (Lipinski definition) is 2. The number of nitrogens with zero attached hydrogens (tertiary/aromatic N) is 3. The standard InChI is InChI=1S/C24H22F3N5O4/c1-24(2,3)36-22(33)29-17-10-19-18(8-13(17)12-7-15(26)16(27)9-14(12)25)28-20-6-11(4-5-32(19)20)21-30-31-23(34)35-21/h4-7,9,13,17H,8,10H2,1-3H3,(H,29,33)(H,31,34)/t13-,17-/m1/s1. The predicted octanol–water partition coefficient (Wildman–Crippen LogP) is 3.87. The highest BCUT2D eigenvalue weighted by Crippen LogP contribution is 2.36. The number of ether oxygens (including phenoxy) is 1. The van der Waals surface area contributed by atoms with Gasteiger partial charge in [-0.05, 0) is 44.5 Å². The molecule has 36 heavy (non-hydrogen) atoms. The molecule has 0 spiro atoms. The van der Waals surface area contributed by atoms with E-state index >= 15 is 0 Å². The fourth-order valence-corrected chi connectivity index (χ4v) is 4.47. The summed E-state index contributed by atoms with van der Waals surface area (Å²) in [5.41, 5.74) is 1.53. The van der Waals surface area contributed by atoms with Crippen LogP contribution in [-0.2, 0) is 17.6 Å². The maximum atomic E-state index is 14.8. The molecule has 0 bridgehead atoms. The highest BCUT2D eigenvalue weighted by Gasteiger charge is 2.36. The van der Waals surface area contributed by atoms with Crippen LogP contribution in [0.4, 0.5) is 18.0 Å². The summed E-state index contributed by atoms with van der Waals surface area (Å²) in [6.45, 7) is 5.13. The zero-order chi connectivity index (χ0) is 25.8. The number of hydrogen-bond acceptors (Lipinski definition) is 6. The van der Waals surface area contributed by atoms with Gasteiger partial charge in [-0.2, -0.15) is 0 Å². The summed E-state index contributed by atoms with van der Waals surface area (Å²) >= 11 is 0. The van der Waals surface area contributed by atoms with Crippen molar-refractivity contribution in [3.63, 3.8) is 0 Å². The molecular weight excluding hydrogens is 479 g/mol. The Morgan fingerprint density at radius 2 is 1.92 bits per heavy atom. The molecule has 12 heteroatoms. The van der Waals surface area contributed by atoms with Crippen LogP contribution >= 0.6 is 0 Å². The van der Waals surface area contributed by atoms with Gasteiger partial charge in [-0.25, -0.2) is 32.8 Å². The summed E-state index contributed by atoms with van der Waals surface area (Å²) in [6, 6.07) is 3.97. The number of aromatic amines is 1. The quantitative estimate of drug-likeness (QED) is 0.412. The maximum Gasteiger partial charge on any atom is 0.434 e. The molecule has 1 aliphatic carbocycles. The zero-order valence-corrected chi connectivity index (χ0v) is 19.6. The topological polar surface area (TPSA) is 115 Å². The largest absolute Gasteiger partial charge is 0.444 e. The first-order valence-electron chi connectivity index (χ1n) is 11.2. The summed E-state index contributed by atoms with van der Waals surface area (Å²) in [6.07, 6.45) is 1.37. The second-order valence-electron chi connectivity index (χ2n) is 9.62. The highest BCUT2D eigenvalue weighted by molar-refractivity contribution is 5.68. The highest BCUT2D eigenvalue weighted by atomic mass is 19.2. The first kappa shape index (κ1) is 23.6. The van der Waals surface area contributed by atoms with Crippen LogP contribution in [-0.4, -0.2) is 37.3 Å². The molecule has 0 radical (unpaired) electrons. The van der Waals surface area contributed by atoms with E-state index in [0.717, 1.165) is 11.8 Å². The lowest BCUT2D eigenvalue weighted by molar-refractivity contribution is 0.0493. The molecule has 0 aliphatic heterocycles. The van der Waals surface area contributed by atoms with Gasteiger partial charge in [0.25, 0.3) is 0 Å². The number of alkyl carbamates (subject to hydrolysis) is 1. The third-order valence-corrected chi connectivity index (χ3v) is 5.95. The Morgan fingerprint density at radius 1 is 1.17 bits per heavy atom. The van der Waals surface area contributed by atoms with Gasteiger partial charge in [0.05, 0.1) is 5.69 Å². The van der Waals surface area contributed by atoms with Crippen LogP contribution in [0.25, 0.3) is 17.1 Å². The van der Waals surface area contributed by atoms with Gasteiger partial charge in [0.15, 0.2) is 11.6 Å². The Balaban J connectivity index is 1.56. The van der Waals surface area contributed by atoms with Crippen molar-refractivity contribution in [1.29, 1.82) is 0 Å². The summed E-state index contributed by atoms with van der Waals surface area (Å²) in [7, 11) is 0. The molecule has 3 aromatic heterocycles. The number of carbonyl (C=O) groups is 1. The number of pyridine rings is 1. The third kappa shape index (κ3) is 4.45. The van der Waals surface area contributed by atoms with Crippen LogP contribution in [0, 0.1) is 17.5 Å². The molecule has 1 aliphatic rings. The van der Waals surface area contributed by atoms with Crippen molar-refractivity contribution in [2.24, 2.45) is 0 Å². The van der Waals surface area contributed by atoms with Crippen molar-refractivity contribution >= 4 is 11.7 Å². The predicted molar refractivity (Wildman–Crippen MR) is 121 cm³/mol. The van der Waals surface area contributed by atoms with E-state index in [1.807, 2.05) is 0 Å². The van der Waals surface area contributed by atoms with Gasteiger partial charge in [-0.15, -0.1) is 5.10 Å². The van der Waals surface area contributed by atoms with Gasteiger partial charge in [0, 0.05) is 48.3 Å². The molecule has 0 saturated carbocycles. The van der Waals surface area contributed by atoms with Gasteiger partial charge < -0.3 is 18.9 Å². The monoisotopic (exact) mass is 501 g/mol. The molecule has 0 unspecified atom stereocenters. The number of benzene rings is 1. The second-order valence-corrected chi connectivity index (χ2v) is 9.62. The van der Waals surface area contributed by atoms with Crippen LogP contribution in [0.3, 0.4) is 0 Å². The number of aromatic nitrogens is 4. The van der Waals surface area contributed by atoms with Crippen molar-refractivity contribution in [3.8, 4) is 11.5 Å². The molecule has 0 fully saturated rings. The van der Waals surface area contributed by atoms with E-state index in [9.17, 15) is 22.8 Å². The summed E-state index contributed by atoms with van der Waals surface area (Å²) < 4.78 is 54.7. The van der Waals surface area contributed by atoms with Crippen LogP contribution in [0.15, 0.2) is 39.7 Å². The van der Waals surface area contributed by atoms with Gasteiger partial charge in [-0.3, -0.25) is 0 Å².